The first kappa shape index (κ1) is 16.5. The Labute approximate surface area is 138 Å². The molecule has 1 aromatic rings. The number of sulfone groups is 1. The van der Waals surface area contributed by atoms with E-state index in [2.05, 4.69) is 22.3 Å². The van der Waals surface area contributed by atoms with E-state index in [0.717, 1.165) is 25.9 Å². The van der Waals surface area contributed by atoms with E-state index in [9.17, 15) is 13.2 Å². The van der Waals surface area contributed by atoms with E-state index in [1.165, 1.54) is 5.56 Å². The highest BCUT2D eigenvalue weighted by Crippen LogP contribution is 2.21. The smallest absolute Gasteiger partial charge is 0.237 e. The molecule has 0 aromatic heterocycles. The van der Waals surface area contributed by atoms with Gasteiger partial charge in [-0.3, -0.25) is 9.69 Å². The molecule has 126 valence electrons. The molecule has 2 saturated heterocycles. The van der Waals surface area contributed by atoms with Gasteiger partial charge in [-0.15, -0.1) is 0 Å². The molecule has 0 bridgehead atoms. The molecule has 6 heteroatoms. The molecule has 2 fully saturated rings. The van der Waals surface area contributed by atoms with E-state index >= 15 is 0 Å². The number of benzene rings is 1. The van der Waals surface area contributed by atoms with Crippen molar-refractivity contribution >= 4 is 15.7 Å². The minimum Gasteiger partial charge on any atom is -0.354 e. The van der Waals surface area contributed by atoms with Gasteiger partial charge in [0.15, 0.2) is 9.84 Å². The van der Waals surface area contributed by atoms with Crippen LogP contribution in [0.25, 0.3) is 0 Å². The van der Waals surface area contributed by atoms with Crippen LogP contribution in [0.15, 0.2) is 30.3 Å². The lowest BCUT2D eigenvalue weighted by Gasteiger charge is -2.24. The fourth-order valence-electron chi connectivity index (χ4n) is 3.53. The molecule has 1 aromatic carbocycles. The van der Waals surface area contributed by atoms with Crippen molar-refractivity contribution in [1.29, 1.82) is 0 Å². The first-order chi connectivity index (χ1) is 11.0. The van der Waals surface area contributed by atoms with Crippen molar-refractivity contribution in [3.63, 3.8) is 0 Å². The molecule has 5 nitrogen and oxygen atoms in total. The summed E-state index contributed by atoms with van der Waals surface area (Å²) >= 11 is 0. The zero-order valence-electron chi connectivity index (χ0n) is 13.3. The molecule has 3 rings (SSSR count). The zero-order chi connectivity index (χ0) is 16.3. The third-order valence-corrected chi connectivity index (χ3v) is 6.62. The SMILES string of the molecule is O=C(NC[C@@H]1CCS(=O)(=O)C1)[C@@H]1CCCN1Cc1ccccc1. The predicted octanol–water partition coefficient (Wildman–Crippen LogP) is 1.20. The highest BCUT2D eigenvalue weighted by molar-refractivity contribution is 7.91. The first-order valence-corrected chi connectivity index (χ1v) is 10.1. The monoisotopic (exact) mass is 336 g/mol. The standard InChI is InChI=1S/C17H24N2O3S/c20-17(18-11-15-8-10-23(21,22)13-15)16-7-4-9-19(16)12-14-5-2-1-3-6-14/h1-3,5-6,15-16H,4,7-13H2,(H,18,20)/t15-,16-/m0/s1. The predicted molar refractivity (Wildman–Crippen MR) is 89.6 cm³/mol. The minimum atomic E-state index is -2.88. The maximum atomic E-state index is 12.5. The second-order valence-corrected chi connectivity index (χ2v) is 8.86. The number of nitrogens with one attached hydrogen (secondary N) is 1. The van der Waals surface area contributed by atoms with Gasteiger partial charge < -0.3 is 5.32 Å². The van der Waals surface area contributed by atoms with Gasteiger partial charge in [-0.25, -0.2) is 8.42 Å². The van der Waals surface area contributed by atoms with Crippen LogP contribution in [0.2, 0.25) is 0 Å². The van der Waals surface area contributed by atoms with Crippen LogP contribution in [0.3, 0.4) is 0 Å². The summed E-state index contributed by atoms with van der Waals surface area (Å²) in [5.41, 5.74) is 1.22. The van der Waals surface area contributed by atoms with Gasteiger partial charge in [0.2, 0.25) is 5.91 Å². The number of rotatable bonds is 5. The Hall–Kier alpha value is -1.40. The van der Waals surface area contributed by atoms with Crippen molar-refractivity contribution in [2.75, 3.05) is 24.6 Å². The Balaban J connectivity index is 1.52. The molecular formula is C17H24N2O3S. The van der Waals surface area contributed by atoms with E-state index in [1.807, 2.05) is 18.2 Å². The van der Waals surface area contributed by atoms with Gasteiger partial charge >= 0.3 is 0 Å². The Bertz CT molecular complexity index is 645. The lowest BCUT2D eigenvalue weighted by atomic mass is 10.1. The van der Waals surface area contributed by atoms with E-state index in [1.54, 1.807) is 0 Å². The van der Waals surface area contributed by atoms with Crippen molar-refractivity contribution in [1.82, 2.24) is 10.2 Å². The Kier molecular flexibility index (Phi) is 5.02. The second-order valence-electron chi connectivity index (χ2n) is 6.63. The number of amides is 1. The van der Waals surface area contributed by atoms with Crippen LogP contribution in [0.4, 0.5) is 0 Å². The summed E-state index contributed by atoms with van der Waals surface area (Å²) in [6.45, 7) is 2.20. The summed E-state index contributed by atoms with van der Waals surface area (Å²) in [6.07, 6.45) is 2.57. The molecule has 2 aliphatic rings. The molecular weight excluding hydrogens is 312 g/mol. The Morgan fingerprint density at radius 2 is 2.00 bits per heavy atom. The van der Waals surface area contributed by atoms with Crippen LogP contribution in [0.1, 0.15) is 24.8 Å². The van der Waals surface area contributed by atoms with Crippen LogP contribution in [0.5, 0.6) is 0 Å². The summed E-state index contributed by atoms with van der Waals surface area (Å²) in [6, 6.07) is 10.1. The van der Waals surface area contributed by atoms with E-state index < -0.39 is 9.84 Å². The lowest BCUT2D eigenvalue weighted by Crippen LogP contribution is -2.44. The van der Waals surface area contributed by atoms with Crippen molar-refractivity contribution in [2.45, 2.75) is 31.8 Å². The van der Waals surface area contributed by atoms with Gasteiger partial charge in [-0.05, 0) is 37.3 Å². The van der Waals surface area contributed by atoms with Crippen LogP contribution >= 0.6 is 0 Å². The van der Waals surface area contributed by atoms with Crippen LogP contribution in [-0.2, 0) is 21.2 Å². The van der Waals surface area contributed by atoms with Crippen LogP contribution in [0, 0.1) is 5.92 Å². The normalized spacial score (nSPS) is 27.1. The van der Waals surface area contributed by atoms with Gasteiger partial charge in [-0.1, -0.05) is 30.3 Å². The molecule has 2 aliphatic heterocycles. The fourth-order valence-corrected chi connectivity index (χ4v) is 5.39. The zero-order valence-corrected chi connectivity index (χ0v) is 14.1. The number of carbonyl (C=O) groups is 1. The summed E-state index contributed by atoms with van der Waals surface area (Å²) in [5.74, 6) is 0.596. The van der Waals surface area contributed by atoms with Crippen molar-refractivity contribution in [2.24, 2.45) is 5.92 Å². The second kappa shape index (κ2) is 7.01. The molecule has 23 heavy (non-hydrogen) atoms. The molecule has 2 atom stereocenters. The maximum Gasteiger partial charge on any atom is 0.237 e. The van der Waals surface area contributed by atoms with Crippen molar-refractivity contribution in [3.05, 3.63) is 35.9 Å². The van der Waals surface area contributed by atoms with E-state index in [0.29, 0.717) is 13.0 Å². The number of nitrogens with zero attached hydrogens (tertiary/aromatic N) is 1. The topological polar surface area (TPSA) is 66.5 Å². The third kappa shape index (κ3) is 4.32. The van der Waals surface area contributed by atoms with Gasteiger partial charge in [0.05, 0.1) is 17.5 Å². The van der Waals surface area contributed by atoms with E-state index in [4.69, 9.17) is 0 Å². The van der Waals surface area contributed by atoms with Gasteiger partial charge in [0, 0.05) is 13.1 Å². The minimum absolute atomic E-state index is 0.0442. The van der Waals surface area contributed by atoms with Crippen molar-refractivity contribution < 1.29 is 13.2 Å². The quantitative estimate of drug-likeness (QED) is 0.877. The Morgan fingerprint density at radius 1 is 1.22 bits per heavy atom. The highest BCUT2D eigenvalue weighted by Gasteiger charge is 2.32. The molecule has 1 N–H and O–H groups in total. The molecule has 0 unspecified atom stereocenters. The molecule has 0 radical (unpaired) electrons. The largest absolute Gasteiger partial charge is 0.354 e. The van der Waals surface area contributed by atoms with E-state index in [-0.39, 0.29) is 29.4 Å². The van der Waals surface area contributed by atoms with Crippen LogP contribution in [-0.4, -0.2) is 49.9 Å². The number of hydrogen-bond donors (Lipinski definition) is 1. The summed E-state index contributed by atoms with van der Waals surface area (Å²) in [7, 11) is -2.88. The third-order valence-electron chi connectivity index (χ3n) is 4.79. The van der Waals surface area contributed by atoms with Gasteiger partial charge in [0.25, 0.3) is 0 Å². The average molecular weight is 336 g/mol. The number of likely N-dealkylation sites (tertiary alicyclic amines) is 1. The lowest BCUT2D eigenvalue weighted by molar-refractivity contribution is -0.125. The van der Waals surface area contributed by atoms with Crippen LogP contribution < -0.4 is 5.32 Å². The molecule has 0 spiro atoms. The maximum absolute atomic E-state index is 12.5. The van der Waals surface area contributed by atoms with Gasteiger partial charge in [-0.2, -0.15) is 0 Å². The fraction of sp³-hybridized carbons (Fsp3) is 0.588. The molecule has 1 amide bonds. The number of carbonyl (C=O) groups excluding carboxylic acids is 1. The van der Waals surface area contributed by atoms with Gasteiger partial charge in [0.1, 0.15) is 0 Å². The summed E-state index contributed by atoms with van der Waals surface area (Å²) in [5, 5.41) is 2.98. The molecule has 0 saturated carbocycles. The summed E-state index contributed by atoms with van der Waals surface area (Å²) < 4.78 is 23.0. The molecule has 2 heterocycles. The number of hydrogen-bond acceptors (Lipinski definition) is 4. The highest BCUT2D eigenvalue weighted by atomic mass is 32.2. The van der Waals surface area contributed by atoms with Crippen molar-refractivity contribution in [3.8, 4) is 0 Å². The first-order valence-electron chi connectivity index (χ1n) is 8.29. The Morgan fingerprint density at radius 3 is 2.70 bits per heavy atom. The average Bonchev–Trinajstić information content (AvgIpc) is 3.12. The molecule has 0 aliphatic carbocycles. The summed E-state index contributed by atoms with van der Waals surface area (Å²) in [4.78, 5) is 14.7.